The molecule has 2 aromatic rings. The van der Waals surface area contributed by atoms with Crippen LogP contribution in [0.25, 0.3) is 0 Å². The first-order chi connectivity index (χ1) is 14.9. The molecule has 0 saturated carbocycles. The molecule has 2 amide bonds. The van der Waals surface area contributed by atoms with Crippen molar-refractivity contribution in [2.75, 3.05) is 16.8 Å². The lowest BCUT2D eigenvalue weighted by molar-refractivity contribution is -0.157. The highest BCUT2D eigenvalue weighted by molar-refractivity contribution is 6.00. The van der Waals surface area contributed by atoms with Gasteiger partial charge in [0.2, 0.25) is 5.91 Å². The molecule has 1 fully saturated rings. The zero-order valence-electron chi connectivity index (χ0n) is 18.4. The minimum Gasteiger partial charge on any atom is -0.452 e. The molecule has 0 aliphatic carbocycles. The molecule has 2 aromatic carbocycles. The number of carbonyl (C=O) groups is 3. The molecule has 3 rings (SSSR count). The van der Waals surface area contributed by atoms with Gasteiger partial charge < -0.3 is 15.0 Å². The molecule has 1 N–H and O–H groups in total. The Morgan fingerprint density at radius 3 is 2.55 bits per heavy atom. The van der Waals surface area contributed by atoms with Crippen LogP contribution in [-0.4, -0.2) is 30.4 Å². The molecule has 0 unspecified atom stereocenters. The molecule has 1 saturated heterocycles. The van der Waals surface area contributed by atoms with E-state index in [1.807, 2.05) is 49.4 Å². The fourth-order valence-corrected chi connectivity index (χ4v) is 3.61. The van der Waals surface area contributed by atoms with Gasteiger partial charge in [-0.2, -0.15) is 0 Å². The van der Waals surface area contributed by atoms with Crippen LogP contribution in [0, 0.1) is 12.8 Å². The zero-order chi connectivity index (χ0) is 22.4. The van der Waals surface area contributed by atoms with Crippen molar-refractivity contribution < 1.29 is 19.1 Å². The summed E-state index contributed by atoms with van der Waals surface area (Å²) in [4.78, 5) is 39.1. The second kappa shape index (κ2) is 10.2. The standard InChI is InChI=1S/C25H30N2O4/c1-4-5-9-19-11-13-21(14-12-19)27-16-20(15-23(27)28)25(30)31-18(3)24(29)26-22-10-7-6-8-17(22)2/h6-8,10-14,18,20H,4-5,9,15-16H2,1-3H3,(H,26,29)/t18-,20+/m0/s1. The van der Waals surface area contributed by atoms with E-state index in [1.165, 1.54) is 12.5 Å². The van der Waals surface area contributed by atoms with Crippen LogP contribution in [0.2, 0.25) is 0 Å². The van der Waals surface area contributed by atoms with E-state index in [2.05, 4.69) is 12.2 Å². The lowest BCUT2D eigenvalue weighted by Gasteiger charge is -2.18. The second-order valence-corrected chi connectivity index (χ2v) is 8.06. The Labute approximate surface area is 183 Å². The number of aryl methyl sites for hydroxylation is 2. The van der Waals surface area contributed by atoms with E-state index in [1.54, 1.807) is 11.0 Å². The third kappa shape index (κ3) is 5.72. The second-order valence-electron chi connectivity index (χ2n) is 8.06. The Morgan fingerprint density at radius 2 is 1.87 bits per heavy atom. The van der Waals surface area contributed by atoms with Gasteiger partial charge in [0.05, 0.1) is 5.92 Å². The number of rotatable bonds is 8. The Kier molecular flexibility index (Phi) is 7.45. The first kappa shape index (κ1) is 22.5. The van der Waals surface area contributed by atoms with Crippen molar-refractivity contribution >= 4 is 29.2 Å². The van der Waals surface area contributed by atoms with Gasteiger partial charge in [-0.25, -0.2) is 0 Å². The van der Waals surface area contributed by atoms with Crippen LogP contribution in [0.1, 0.15) is 44.2 Å². The van der Waals surface area contributed by atoms with E-state index in [9.17, 15) is 14.4 Å². The van der Waals surface area contributed by atoms with Crippen molar-refractivity contribution in [3.63, 3.8) is 0 Å². The molecule has 0 radical (unpaired) electrons. The predicted molar refractivity (Wildman–Crippen MR) is 121 cm³/mol. The first-order valence-electron chi connectivity index (χ1n) is 10.8. The zero-order valence-corrected chi connectivity index (χ0v) is 18.4. The maximum Gasteiger partial charge on any atom is 0.312 e. The van der Waals surface area contributed by atoms with E-state index in [4.69, 9.17) is 4.74 Å². The Balaban J connectivity index is 1.56. The topological polar surface area (TPSA) is 75.7 Å². The van der Waals surface area contributed by atoms with Gasteiger partial charge in [-0.05, 0) is 56.0 Å². The average molecular weight is 423 g/mol. The summed E-state index contributed by atoms with van der Waals surface area (Å²) in [5.41, 5.74) is 3.62. The molecule has 6 heteroatoms. The van der Waals surface area contributed by atoms with E-state index in [0.29, 0.717) is 5.69 Å². The molecule has 0 bridgehead atoms. The maximum atomic E-state index is 12.6. The molecule has 164 valence electrons. The maximum absolute atomic E-state index is 12.6. The van der Waals surface area contributed by atoms with Crippen molar-refractivity contribution in [2.24, 2.45) is 5.92 Å². The molecule has 1 aliphatic rings. The molecule has 1 aliphatic heterocycles. The third-order valence-corrected chi connectivity index (χ3v) is 5.59. The van der Waals surface area contributed by atoms with E-state index >= 15 is 0 Å². The number of benzene rings is 2. The fraction of sp³-hybridized carbons (Fsp3) is 0.400. The smallest absolute Gasteiger partial charge is 0.312 e. The van der Waals surface area contributed by atoms with Gasteiger partial charge in [0.25, 0.3) is 5.91 Å². The Hall–Kier alpha value is -3.15. The predicted octanol–water partition coefficient (Wildman–Crippen LogP) is 4.26. The minimum absolute atomic E-state index is 0.0859. The van der Waals surface area contributed by atoms with Crippen molar-refractivity contribution in [2.45, 2.75) is 52.6 Å². The molecule has 0 aromatic heterocycles. The van der Waals surface area contributed by atoms with E-state index in [0.717, 1.165) is 30.5 Å². The number of carbonyl (C=O) groups excluding carboxylic acids is 3. The Morgan fingerprint density at radius 1 is 1.16 bits per heavy atom. The summed E-state index contributed by atoms with van der Waals surface area (Å²) in [7, 11) is 0. The first-order valence-corrected chi connectivity index (χ1v) is 10.8. The van der Waals surface area contributed by atoms with Gasteiger partial charge in [0.15, 0.2) is 6.10 Å². The van der Waals surface area contributed by atoms with Crippen LogP contribution in [0.4, 0.5) is 11.4 Å². The molecule has 6 nitrogen and oxygen atoms in total. The van der Waals surface area contributed by atoms with Crippen molar-refractivity contribution in [1.29, 1.82) is 0 Å². The molecule has 1 heterocycles. The molecule has 0 spiro atoms. The van der Waals surface area contributed by atoms with Crippen LogP contribution in [-0.2, 0) is 25.5 Å². The number of hydrogen-bond donors (Lipinski definition) is 1. The monoisotopic (exact) mass is 422 g/mol. The summed E-state index contributed by atoms with van der Waals surface area (Å²) in [5.74, 6) is -1.62. The van der Waals surface area contributed by atoms with Gasteiger partial charge in [-0.1, -0.05) is 43.7 Å². The van der Waals surface area contributed by atoms with Gasteiger partial charge in [0.1, 0.15) is 0 Å². The number of hydrogen-bond acceptors (Lipinski definition) is 4. The number of nitrogens with one attached hydrogen (secondary N) is 1. The number of ether oxygens (including phenoxy) is 1. The van der Waals surface area contributed by atoms with Crippen LogP contribution in [0.3, 0.4) is 0 Å². The number of unbranched alkanes of at least 4 members (excludes halogenated alkanes) is 1. The lowest BCUT2D eigenvalue weighted by atomic mass is 10.1. The van der Waals surface area contributed by atoms with E-state index < -0.39 is 23.9 Å². The highest BCUT2D eigenvalue weighted by Crippen LogP contribution is 2.27. The van der Waals surface area contributed by atoms with Gasteiger partial charge in [0, 0.05) is 24.3 Å². The molecular weight excluding hydrogens is 392 g/mol. The highest BCUT2D eigenvalue weighted by Gasteiger charge is 2.37. The molecular formula is C25H30N2O4. The number of amides is 2. The Bertz CT molecular complexity index is 939. The summed E-state index contributed by atoms with van der Waals surface area (Å²) in [6.07, 6.45) is 2.42. The molecule has 2 atom stereocenters. The van der Waals surface area contributed by atoms with Gasteiger partial charge in [-0.3, -0.25) is 14.4 Å². The summed E-state index contributed by atoms with van der Waals surface area (Å²) < 4.78 is 5.37. The normalized spacial score (nSPS) is 16.8. The summed E-state index contributed by atoms with van der Waals surface area (Å²) in [6.45, 7) is 5.85. The highest BCUT2D eigenvalue weighted by atomic mass is 16.5. The largest absolute Gasteiger partial charge is 0.452 e. The average Bonchev–Trinajstić information content (AvgIpc) is 3.16. The van der Waals surface area contributed by atoms with Crippen LogP contribution < -0.4 is 10.2 Å². The van der Waals surface area contributed by atoms with Crippen LogP contribution >= 0.6 is 0 Å². The van der Waals surface area contributed by atoms with Crippen LogP contribution in [0.15, 0.2) is 48.5 Å². The number of anilines is 2. The summed E-state index contributed by atoms with van der Waals surface area (Å²) in [6, 6.07) is 15.3. The molecule has 31 heavy (non-hydrogen) atoms. The van der Waals surface area contributed by atoms with Crippen molar-refractivity contribution in [3.05, 3.63) is 59.7 Å². The van der Waals surface area contributed by atoms with E-state index in [-0.39, 0.29) is 18.9 Å². The fourth-order valence-electron chi connectivity index (χ4n) is 3.61. The van der Waals surface area contributed by atoms with Gasteiger partial charge >= 0.3 is 5.97 Å². The summed E-state index contributed by atoms with van der Waals surface area (Å²) >= 11 is 0. The van der Waals surface area contributed by atoms with Gasteiger partial charge in [-0.15, -0.1) is 0 Å². The number of esters is 1. The number of para-hydroxylation sites is 1. The van der Waals surface area contributed by atoms with Crippen LogP contribution in [0.5, 0.6) is 0 Å². The lowest BCUT2D eigenvalue weighted by Crippen LogP contribution is -2.33. The third-order valence-electron chi connectivity index (χ3n) is 5.59. The minimum atomic E-state index is -0.950. The summed E-state index contributed by atoms with van der Waals surface area (Å²) in [5, 5.41) is 2.78. The van der Waals surface area contributed by atoms with Crippen molar-refractivity contribution in [3.8, 4) is 0 Å². The van der Waals surface area contributed by atoms with Crippen molar-refractivity contribution in [1.82, 2.24) is 0 Å². The SMILES string of the molecule is CCCCc1ccc(N2C[C@H](C(=O)O[C@@H](C)C(=O)Nc3ccccc3C)CC2=O)cc1. The quantitative estimate of drug-likeness (QED) is 0.645. The number of nitrogens with zero attached hydrogens (tertiary/aromatic N) is 1.